The number of rotatable bonds is 7. The monoisotopic (exact) mass is 265 g/mol. The van der Waals surface area contributed by atoms with Crippen molar-refractivity contribution in [2.24, 2.45) is 0 Å². The van der Waals surface area contributed by atoms with E-state index in [0.29, 0.717) is 5.75 Å². The van der Waals surface area contributed by atoms with Crippen molar-refractivity contribution >= 4 is 11.7 Å². The van der Waals surface area contributed by atoms with Gasteiger partial charge in [0.1, 0.15) is 5.75 Å². The minimum Gasteiger partial charge on any atom is -0.482 e. The molecule has 0 atom stereocenters. The van der Waals surface area contributed by atoms with E-state index in [9.17, 15) is 4.79 Å². The molecule has 106 valence electrons. The first-order valence-corrected chi connectivity index (χ1v) is 6.74. The predicted molar refractivity (Wildman–Crippen MR) is 76.7 cm³/mol. The van der Waals surface area contributed by atoms with E-state index in [4.69, 9.17) is 9.47 Å². The number of nitrogens with zero attached hydrogens (tertiary/aromatic N) is 1. The van der Waals surface area contributed by atoms with Crippen LogP contribution in [0, 0.1) is 0 Å². The van der Waals surface area contributed by atoms with E-state index < -0.39 is 0 Å². The zero-order chi connectivity index (χ0) is 14.3. The maximum absolute atomic E-state index is 11.4. The van der Waals surface area contributed by atoms with Crippen molar-refractivity contribution in [2.75, 3.05) is 24.6 Å². The molecule has 0 aliphatic heterocycles. The van der Waals surface area contributed by atoms with E-state index in [-0.39, 0.29) is 18.7 Å². The summed E-state index contributed by atoms with van der Waals surface area (Å²) in [6, 6.07) is 7.74. The predicted octanol–water partition coefficient (Wildman–Crippen LogP) is 2.86. The van der Waals surface area contributed by atoms with Gasteiger partial charge in [0.2, 0.25) is 0 Å². The van der Waals surface area contributed by atoms with Gasteiger partial charge in [0.25, 0.3) is 0 Å². The summed E-state index contributed by atoms with van der Waals surface area (Å²) >= 11 is 0. The van der Waals surface area contributed by atoms with Gasteiger partial charge in [-0.2, -0.15) is 0 Å². The van der Waals surface area contributed by atoms with Crippen LogP contribution >= 0.6 is 0 Å². The summed E-state index contributed by atoms with van der Waals surface area (Å²) in [6.45, 7) is 9.68. The Labute approximate surface area is 115 Å². The number of esters is 1. The van der Waals surface area contributed by atoms with Crippen molar-refractivity contribution < 1.29 is 14.3 Å². The number of hydrogen-bond acceptors (Lipinski definition) is 4. The fraction of sp³-hybridized carbons (Fsp3) is 0.533. The molecular weight excluding hydrogens is 242 g/mol. The lowest BCUT2D eigenvalue weighted by Gasteiger charge is -2.21. The zero-order valence-corrected chi connectivity index (χ0v) is 12.2. The van der Waals surface area contributed by atoms with Crippen molar-refractivity contribution in [1.29, 1.82) is 0 Å². The molecule has 1 rings (SSSR count). The topological polar surface area (TPSA) is 38.8 Å². The molecule has 0 saturated heterocycles. The summed E-state index contributed by atoms with van der Waals surface area (Å²) in [5.41, 5.74) is 1.10. The molecule has 0 heterocycles. The standard InChI is InChI=1S/C15H23NO3/c1-5-16(6-2)13-8-7-9-14(10-13)18-11-15(17)19-12(3)4/h7-10,12H,5-6,11H2,1-4H3. The Bertz CT molecular complexity index is 400. The maximum atomic E-state index is 11.4. The second kappa shape index (κ2) is 7.67. The molecule has 19 heavy (non-hydrogen) atoms. The highest BCUT2D eigenvalue weighted by atomic mass is 16.6. The third kappa shape index (κ3) is 5.20. The van der Waals surface area contributed by atoms with Crippen LogP contribution in [0.5, 0.6) is 5.75 Å². The molecule has 0 fully saturated rings. The van der Waals surface area contributed by atoms with Crippen LogP contribution in [0.25, 0.3) is 0 Å². The lowest BCUT2D eigenvalue weighted by molar-refractivity contribution is -0.149. The van der Waals surface area contributed by atoms with Crippen LogP contribution in [0.2, 0.25) is 0 Å². The van der Waals surface area contributed by atoms with Crippen LogP contribution < -0.4 is 9.64 Å². The van der Waals surface area contributed by atoms with Gasteiger partial charge in [-0.05, 0) is 39.8 Å². The minimum atomic E-state index is -0.344. The molecular formula is C15H23NO3. The van der Waals surface area contributed by atoms with Gasteiger partial charge in [-0.3, -0.25) is 0 Å². The Morgan fingerprint density at radius 1 is 1.26 bits per heavy atom. The molecule has 0 unspecified atom stereocenters. The van der Waals surface area contributed by atoms with Crippen molar-refractivity contribution in [3.63, 3.8) is 0 Å². The number of ether oxygens (including phenoxy) is 2. The lowest BCUT2D eigenvalue weighted by atomic mass is 10.2. The molecule has 1 aromatic rings. The highest BCUT2D eigenvalue weighted by molar-refractivity contribution is 5.71. The third-order valence-corrected chi connectivity index (χ3v) is 2.67. The van der Waals surface area contributed by atoms with Crippen LogP contribution in [0.15, 0.2) is 24.3 Å². The van der Waals surface area contributed by atoms with E-state index in [1.165, 1.54) is 0 Å². The van der Waals surface area contributed by atoms with E-state index in [1.54, 1.807) is 0 Å². The minimum absolute atomic E-state index is 0.0557. The Kier molecular flexibility index (Phi) is 6.19. The van der Waals surface area contributed by atoms with Crippen LogP contribution in [0.1, 0.15) is 27.7 Å². The smallest absolute Gasteiger partial charge is 0.344 e. The van der Waals surface area contributed by atoms with Gasteiger partial charge < -0.3 is 14.4 Å². The van der Waals surface area contributed by atoms with Crippen molar-refractivity contribution in [3.8, 4) is 5.75 Å². The second-order valence-electron chi connectivity index (χ2n) is 4.50. The number of carbonyl (C=O) groups excluding carboxylic acids is 1. The largest absolute Gasteiger partial charge is 0.482 e. The highest BCUT2D eigenvalue weighted by Crippen LogP contribution is 2.20. The van der Waals surface area contributed by atoms with Crippen molar-refractivity contribution in [3.05, 3.63) is 24.3 Å². The van der Waals surface area contributed by atoms with Gasteiger partial charge in [0.05, 0.1) is 6.10 Å². The molecule has 0 aliphatic carbocycles. The summed E-state index contributed by atoms with van der Waals surface area (Å²) in [4.78, 5) is 13.6. The SMILES string of the molecule is CCN(CC)c1cccc(OCC(=O)OC(C)C)c1. The Balaban J connectivity index is 2.59. The summed E-state index contributed by atoms with van der Waals surface area (Å²) in [5, 5.41) is 0. The number of anilines is 1. The Morgan fingerprint density at radius 2 is 1.95 bits per heavy atom. The van der Waals surface area contributed by atoms with E-state index in [2.05, 4.69) is 18.7 Å². The molecule has 0 amide bonds. The molecule has 0 saturated carbocycles. The normalized spacial score (nSPS) is 10.4. The summed E-state index contributed by atoms with van der Waals surface area (Å²) in [5.74, 6) is 0.341. The van der Waals surface area contributed by atoms with Gasteiger partial charge in [0, 0.05) is 24.8 Å². The number of benzene rings is 1. The van der Waals surface area contributed by atoms with Crippen LogP contribution in [-0.4, -0.2) is 31.8 Å². The summed E-state index contributed by atoms with van der Waals surface area (Å²) in [6.07, 6.45) is -0.113. The third-order valence-electron chi connectivity index (χ3n) is 2.67. The van der Waals surface area contributed by atoms with E-state index >= 15 is 0 Å². The lowest BCUT2D eigenvalue weighted by Crippen LogP contribution is -2.22. The fourth-order valence-electron chi connectivity index (χ4n) is 1.80. The molecule has 1 aromatic carbocycles. The molecule has 4 heteroatoms. The highest BCUT2D eigenvalue weighted by Gasteiger charge is 2.08. The molecule has 0 aromatic heterocycles. The molecule has 0 aliphatic rings. The first-order valence-electron chi connectivity index (χ1n) is 6.74. The number of hydrogen-bond donors (Lipinski definition) is 0. The van der Waals surface area contributed by atoms with Gasteiger partial charge in [-0.25, -0.2) is 4.79 Å². The van der Waals surface area contributed by atoms with Gasteiger partial charge in [0.15, 0.2) is 6.61 Å². The average Bonchev–Trinajstić information content (AvgIpc) is 2.38. The molecule has 0 spiro atoms. The first-order chi connectivity index (χ1) is 9.06. The van der Waals surface area contributed by atoms with Crippen LogP contribution in [-0.2, 0) is 9.53 Å². The molecule has 4 nitrogen and oxygen atoms in total. The average molecular weight is 265 g/mol. The Morgan fingerprint density at radius 3 is 2.53 bits per heavy atom. The Hall–Kier alpha value is -1.71. The van der Waals surface area contributed by atoms with Gasteiger partial charge in [-0.15, -0.1) is 0 Å². The molecule has 0 bridgehead atoms. The zero-order valence-electron chi connectivity index (χ0n) is 12.2. The fourth-order valence-corrected chi connectivity index (χ4v) is 1.80. The van der Waals surface area contributed by atoms with Gasteiger partial charge in [-0.1, -0.05) is 6.07 Å². The molecule has 0 radical (unpaired) electrons. The van der Waals surface area contributed by atoms with Crippen molar-refractivity contribution in [2.45, 2.75) is 33.8 Å². The van der Waals surface area contributed by atoms with Gasteiger partial charge >= 0.3 is 5.97 Å². The van der Waals surface area contributed by atoms with Crippen LogP contribution in [0.4, 0.5) is 5.69 Å². The molecule has 0 N–H and O–H groups in total. The first kappa shape index (κ1) is 15.3. The summed E-state index contributed by atoms with van der Waals surface area (Å²) in [7, 11) is 0. The van der Waals surface area contributed by atoms with Crippen molar-refractivity contribution in [1.82, 2.24) is 0 Å². The quantitative estimate of drug-likeness (QED) is 0.711. The van der Waals surface area contributed by atoms with Crippen LogP contribution in [0.3, 0.4) is 0 Å². The van der Waals surface area contributed by atoms with E-state index in [0.717, 1.165) is 18.8 Å². The maximum Gasteiger partial charge on any atom is 0.344 e. The summed E-state index contributed by atoms with van der Waals surface area (Å²) < 4.78 is 10.5. The number of carbonyl (C=O) groups is 1. The van der Waals surface area contributed by atoms with E-state index in [1.807, 2.05) is 38.1 Å². The second-order valence-corrected chi connectivity index (χ2v) is 4.50.